The molecule has 3 rings (SSSR count). The van der Waals surface area contributed by atoms with E-state index in [2.05, 4.69) is 0 Å². The van der Waals surface area contributed by atoms with Crippen LogP contribution >= 0.6 is 23.1 Å². The standard InChI is InChI=1S/C23H19N3OS2/c1-16-8-9-17(2)18(12-16)13-21-22(27)26(23(29-21)19(14-24)15-25)10-11-28-20-6-4-3-5-7-20/h3-9,12-13H,10-11H2,1-2H3/b21-13-. The van der Waals surface area contributed by atoms with E-state index in [1.807, 2.05) is 80.6 Å². The zero-order valence-electron chi connectivity index (χ0n) is 16.2. The minimum absolute atomic E-state index is 0.0302. The molecule has 0 saturated heterocycles. The predicted octanol–water partition coefficient (Wildman–Crippen LogP) is 3.35. The number of thiazole rings is 1. The maximum atomic E-state index is 13.1. The second-order valence-electron chi connectivity index (χ2n) is 6.49. The molecule has 0 amide bonds. The van der Waals surface area contributed by atoms with E-state index in [4.69, 9.17) is 0 Å². The number of nitriles is 2. The van der Waals surface area contributed by atoms with Crippen LogP contribution in [0.5, 0.6) is 0 Å². The van der Waals surface area contributed by atoms with Gasteiger partial charge in [0.15, 0.2) is 5.57 Å². The molecule has 1 heterocycles. The third kappa shape index (κ3) is 4.86. The van der Waals surface area contributed by atoms with Gasteiger partial charge in [0.05, 0.1) is 4.53 Å². The van der Waals surface area contributed by atoms with E-state index >= 15 is 0 Å². The Balaban J connectivity index is 2.06. The number of hydrogen-bond acceptors (Lipinski definition) is 5. The average molecular weight is 418 g/mol. The van der Waals surface area contributed by atoms with Crippen LogP contribution in [-0.2, 0) is 6.54 Å². The molecule has 0 N–H and O–H groups in total. The van der Waals surface area contributed by atoms with Crippen LogP contribution in [0.1, 0.15) is 16.7 Å². The fraction of sp³-hybridized carbons (Fsp3) is 0.174. The van der Waals surface area contributed by atoms with Gasteiger partial charge in [0.1, 0.15) is 16.8 Å². The van der Waals surface area contributed by atoms with Gasteiger partial charge < -0.3 is 0 Å². The maximum Gasteiger partial charge on any atom is 0.269 e. The van der Waals surface area contributed by atoms with Crippen molar-refractivity contribution in [1.82, 2.24) is 4.57 Å². The lowest BCUT2D eigenvalue weighted by Crippen LogP contribution is -2.32. The van der Waals surface area contributed by atoms with E-state index < -0.39 is 0 Å². The van der Waals surface area contributed by atoms with E-state index in [0.717, 1.165) is 21.6 Å². The lowest BCUT2D eigenvalue weighted by molar-refractivity contribution is 0.730. The molecule has 4 nitrogen and oxygen atoms in total. The normalized spacial score (nSPS) is 11.1. The summed E-state index contributed by atoms with van der Waals surface area (Å²) < 4.78 is 2.51. The molecule has 6 heteroatoms. The van der Waals surface area contributed by atoms with Crippen molar-refractivity contribution in [1.29, 1.82) is 10.5 Å². The van der Waals surface area contributed by atoms with Crippen molar-refractivity contribution in [3.05, 3.63) is 84.8 Å². The molecule has 1 aromatic heterocycles. The van der Waals surface area contributed by atoms with Crippen LogP contribution in [0, 0.1) is 36.5 Å². The van der Waals surface area contributed by atoms with Crippen molar-refractivity contribution in [2.75, 3.05) is 5.75 Å². The van der Waals surface area contributed by atoms with Gasteiger partial charge in [-0.2, -0.15) is 10.5 Å². The Labute approximate surface area is 177 Å². The smallest absolute Gasteiger partial charge is 0.269 e. The molecule has 0 aliphatic carbocycles. The van der Waals surface area contributed by atoms with Crippen LogP contribution in [0.25, 0.3) is 11.6 Å². The first-order chi connectivity index (χ1) is 14.0. The Hall–Kier alpha value is -3.06. The highest BCUT2D eigenvalue weighted by molar-refractivity contribution is 7.99. The van der Waals surface area contributed by atoms with Gasteiger partial charge in [-0.05, 0) is 43.2 Å². The molecular formula is C23H19N3OS2. The highest BCUT2D eigenvalue weighted by Gasteiger charge is 2.10. The van der Waals surface area contributed by atoms with Crippen LogP contribution < -0.4 is 14.8 Å². The first-order valence-electron chi connectivity index (χ1n) is 9.04. The quantitative estimate of drug-likeness (QED) is 0.597. The molecule has 0 radical (unpaired) electrons. The highest BCUT2D eigenvalue weighted by Crippen LogP contribution is 2.16. The SMILES string of the molecule is Cc1ccc(C)c(/C=c2\sc(=C(C#N)C#N)n(CCSc3ccccc3)c2=O)c1. The van der Waals surface area contributed by atoms with Crippen molar-refractivity contribution in [3.8, 4) is 12.1 Å². The number of rotatable bonds is 5. The van der Waals surface area contributed by atoms with Gasteiger partial charge in [0.25, 0.3) is 5.56 Å². The molecule has 0 atom stereocenters. The van der Waals surface area contributed by atoms with Crippen molar-refractivity contribution >= 4 is 34.7 Å². The summed E-state index contributed by atoms with van der Waals surface area (Å²) in [6.45, 7) is 4.43. The Morgan fingerprint density at radius 1 is 1.14 bits per heavy atom. The van der Waals surface area contributed by atoms with Crippen LogP contribution in [0.4, 0.5) is 0 Å². The van der Waals surface area contributed by atoms with E-state index in [9.17, 15) is 15.3 Å². The first kappa shape index (κ1) is 20.7. The van der Waals surface area contributed by atoms with Crippen LogP contribution in [0.15, 0.2) is 58.2 Å². The summed E-state index contributed by atoms with van der Waals surface area (Å²) in [5.41, 5.74) is 2.96. The van der Waals surface area contributed by atoms with Crippen molar-refractivity contribution in [2.24, 2.45) is 0 Å². The number of aryl methyl sites for hydroxylation is 2. The molecule has 0 aliphatic rings. The molecular weight excluding hydrogens is 398 g/mol. The molecule has 0 unspecified atom stereocenters. The van der Waals surface area contributed by atoms with Crippen molar-refractivity contribution < 1.29 is 0 Å². The van der Waals surface area contributed by atoms with Gasteiger partial charge in [-0.25, -0.2) is 0 Å². The summed E-state index contributed by atoms with van der Waals surface area (Å²) in [5, 5.41) is 18.7. The molecule has 2 aromatic carbocycles. The molecule has 0 fully saturated rings. The number of nitrogens with zero attached hydrogens (tertiary/aromatic N) is 3. The molecule has 0 aliphatic heterocycles. The summed E-state index contributed by atoms with van der Waals surface area (Å²) in [6, 6.07) is 19.9. The Morgan fingerprint density at radius 3 is 2.55 bits per heavy atom. The van der Waals surface area contributed by atoms with E-state index in [1.54, 1.807) is 16.3 Å². The Bertz CT molecular complexity index is 1270. The van der Waals surface area contributed by atoms with Gasteiger partial charge in [-0.3, -0.25) is 9.36 Å². The Morgan fingerprint density at radius 2 is 1.86 bits per heavy atom. The average Bonchev–Trinajstić information content (AvgIpc) is 3.02. The van der Waals surface area contributed by atoms with Crippen LogP contribution in [0.3, 0.4) is 0 Å². The second-order valence-corrected chi connectivity index (χ2v) is 8.69. The zero-order chi connectivity index (χ0) is 20.8. The molecule has 0 bridgehead atoms. The largest absolute Gasteiger partial charge is 0.296 e. The Kier molecular flexibility index (Phi) is 6.72. The fourth-order valence-electron chi connectivity index (χ4n) is 2.86. The summed E-state index contributed by atoms with van der Waals surface area (Å²) >= 11 is 2.84. The first-order valence-corrected chi connectivity index (χ1v) is 10.8. The minimum Gasteiger partial charge on any atom is -0.296 e. The molecule has 3 aromatic rings. The van der Waals surface area contributed by atoms with Gasteiger partial charge >= 0.3 is 0 Å². The highest BCUT2D eigenvalue weighted by atomic mass is 32.2. The van der Waals surface area contributed by atoms with Crippen LogP contribution in [0.2, 0.25) is 0 Å². The van der Waals surface area contributed by atoms with E-state index in [-0.39, 0.29) is 11.1 Å². The molecule has 0 saturated carbocycles. The lowest BCUT2D eigenvalue weighted by Gasteiger charge is -2.03. The molecule has 0 spiro atoms. The van der Waals surface area contributed by atoms with Gasteiger partial charge in [0.2, 0.25) is 0 Å². The third-order valence-electron chi connectivity index (χ3n) is 4.39. The summed E-state index contributed by atoms with van der Waals surface area (Å²) in [7, 11) is 0. The second kappa shape index (κ2) is 9.43. The van der Waals surface area contributed by atoms with Crippen molar-refractivity contribution in [3.63, 3.8) is 0 Å². The maximum absolute atomic E-state index is 13.1. The van der Waals surface area contributed by atoms with Gasteiger partial charge in [-0.15, -0.1) is 23.1 Å². The fourth-order valence-corrected chi connectivity index (χ4v) is 4.79. The van der Waals surface area contributed by atoms with E-state index in [0.29, 0.717) is 21.5 Å². The molecule has 29 heavy (non-hydrogen) atoms. The molecule has 144 valence electrons. The predicted molar refractivity (Wildman–Crippen MR) is 119 cm³/mol. The van der Waals surface area contributed by atoms with E-state index in [1.165, 1.54) is 11.3 Å². The summed E-state index contributed by atoms with van der Waals surface area (Å²) in [6.07, 6.45) is 1.85. The lowest BCUT2D eigenvalue weighted by atomic mass is 10.1. The van der Waals surface area contributed by atoms with Gasteiger partial charge in [-0.1, -0.05) is 42.0 Å². The topological polar surface area (TPSA) is 69.6 Å². The number of aromatic nitrogens is 1. The monoisotopic (exact) mass is 417 g/mol. The number of thioether (sulfide) groups is 1. The third-order valence-corrected chi connectivity index (χ3v) is 6.52. The van der Waals surface area contributed by atoms with Crippen molar-refractivity contribution in [2.45, 2.75) is 25.3 Å². The summed E-state index contributed by atoms with van der Waals surface area (Å²) in [5.74, 6) is 0.667. The van der Waals surface area contributed by atoms with Crippen LogP contribution in [-0.4, -0.2) is 10.3 Å². The summed E-state index contributed by atoms with van der Waals surface area (Å²) in [4.78, 5) is 14.2. The minimum atomic E-state index is -0.164. The van der Waals surface area contributed by atoms with Gasteiger partial charge in [0, 0.05) is 17.2 Å². The number of hydrogen-bond donors (Lipinski definition) is 0. The number of benzene rings is 2. The zero-order valence-corrected chi connectivity index (χ0v) is 17.8.